The van der Waals surface area contributed by atoms with E-state index in [-0.39, 0.29) is 31.1 Å². The van der Waals surface area contributed by atoms with Crippen LogP contribution in [0.3, 0.4) is 0 Å². The number of hydrogen-bond donors (Lipinski definition) is 2. The Kier molecular flexibility index (Phi) is 6.12. The van der Waals surface area contributed by atoms with Gasteiger partial charge < -0.3 is 19.8 Å². The smallest absolute Gasteiger partial charge is 0.309 e. The topological polar surface area (TPSA) is 118 Å². The van der Waals surface area contributed by atoms with Crippen molar-refractivity contribution >= 4 is 21.8 Å². The minimum Gasteiger partial charge on any atom is -0.467 e. The fourth-order valence-electron chi connectivity index (χ4n) is 2.71. The number of nitrogens with zero attached hydrogens (tertiary/aromatic N) is 1. The quantitative estimate of drug-likeness (QED) is 0.668. The van der Waals surface area contributed by atoms with Crippen LogP contribution in [0.15, 0.2) is 52.0 Å². The molecular formula is C18H21N3O6S. The van der Waals surface area contributed by atoms with E-state index in [1.165, 1.54) is 22.7 Å². The van der Waals surface area contributed by atoms with Gasteiger partial charge in [0.15, 0.2) is 0 Å². The first-order chi connectivity index (χ1) is 13.4. The van der Waals surface area contributed by atoms with Crippen LogP contribution in [-0.2, 0) is 30.9 Å². The monoisotopic (exact) mass is 407 g/mol. The second kappa shape index (κ2) is 8.55. The molecule has 0 radical (unpaired) electrons. The van der Waals surface area contributed by atoms with Crippen LogP contribution < -0.4 is 10.6 Å². The van der Waals surface area contributed by atoms with Gasteiger partial charge in [-0.2, -0.15) is 4.31 Å². The number of amides is 2. The van der Waals surface area contributed by atoms with Gasteiger partial charge in [-0.25, -0.2) is 8.42 Å². The molecule has 0 unspecified atom stereocenters. The number of furan rings is 1. The number of ether oxygens (including phenoxy) is 1. The molecule has 1 aliphatic rings. The molecule has 150 valence electrons. The van der Waals surface area contributed by atoms with Gasteiger partial charge in [0.2, 0.25) is 10.0 Å². The molecule has 2 N–H and O–H groups in total. The van der Waals surface area contributed by atoms with Crippen LogP contribution in [0.4, 0.5) is 0 Å². The molecule has 0 saturated carbocycles. The van der Waals surface area contributed by atoms with E-state index < -0.39 is 28.1 Å². The van der Waals surface area contributed by atoms with Crippen LogP contribution in [0.5, 0.6) is 0 Å². The number of nitrogens with one attached hydrogen (secondary N) is 2. The van der Waals surface area contributed by atoms with Crippen LogP contribution in [0.1, 0.15) is 11.3 Å². The van der Waals surface area contributed by atoms with Gasteiger partial charge in [0, 0.05) is 6.54 Å². The molecule has 1 saturated heterocycles. The van der Waals surface area contributed by atoms with Gasteiger partial charge in [-0.15, -0.1) is 0 Å². The molecule has 1 aliphatic heterocycles. The zero-order valence-electron chi connectivity index (χ0n) is 15.3. The van der Waals surface area contributed by atoms with Crippen molar-refractivity contribution in [2.45, 2.75) is 24.6 Å². The summed E-state index contributed by atoms with van der Waals surface area (Å²) in [6, 6.07) is 9.82. The number of rotatable bonds is 6. The van der Waals surface area contributed by atoms with Crippen LogP contribution in [0, 0.1) is 6.92 Å². The molecule has 0 aliphatic carbocycles. The zero-order chi connectivity index (χ0) is 20.1. The summed E-state index contributed by atoms with van der Waals surface area (Å²) in [6.45, 7) is 2.17. The van der Waals surface area contributed by atoms with Gasteiger partial charge in [0.05, 0.1) is 30.9 Å². The molecule has 1 atom stereocenters. The largest absolute Gasteiger partial charge is 0.467 e. The van der Waals surface area contributed by atoms with E-state index in [2.05, 4.69) is 10.6 Å². The molecule has 28 heavy (non-hydrogen) atoms. The predicted octanol–water partition coefficient (Wildman–Crippen LogP) is 0.368. The van der Waals surface area contributed by atoms with E-state index in [9.17, 15) is 18.0 Å². The number of carbonyl (C=O) groups is 2. The molecule has 2 amide bonds. The Labute approximate surface area is 162 Å². The lowest BCUT2D eigenvalue weighted by Gasteiger charge is -2.22. The number of aryl methyl sites for hydroxylation is 1. The predicted molar refractivity (Wildman–Crippen MR) is 98.4 cm³/mol. The van der Waals surface area contributed by atoms with E-state index in [0.29, 0.717) is 5.76 Å². The second-order valence-electron chi connectivity index (χ2n) is 6.23. The fraction of sp³-hybridized carbons (Fsp3) is 0.333. The highest BCUT2D eigenvalue weighted by Gasteiger charge is 2.36. The van der Waals surface area contributed by atoms with Crippen LogP contribution in [0.2, 0.25) is 0 Å². The number of carbonyl (C=O) groups excluding carboxylic acids is 2. The lowest BCUT2D eigenvalue weighted by atomic mass is 10.2. The Morgan fingerprint density at radius 1 is 1.14 bits per heavy atom. The molecule has 1 aromatic heterocycles. The van der Waals surface area contributed by atoms with E-state index in [4.69, 9.17) is 9.15 Å². The number of benzene rings is 1. The first kappa shape index (κ1) is 20.1. The third-order valence-corrected chi connectivity index (χ3v) is 6.12. The number of hydrogen-bond acceptors (Lipinski definition) is 6. The summed E-state index contributed by atoms with van der Waals surface area (Å²) in [5.74, 6) is -1.22. The van der Waals surface area contributed by atoms with Gasteiger partial charge in [0.25, 0.3) is 0 Å². The summed E-state index contributed by atoms with van der Waals surface area (Å²) in [4.78, 5) is 23.9. The Balaban J connectivity index is 1.56. The maximum absolute atomic E-state index is 12.8. The van der Waals surface area contributed by atoms with Crippen LogP contribution in [-0.4, -0.2) is 50.5 Å². The minimum absolute atomic E-state index is 0.0765. The van der Waals surface area contributed by atoms with E-state index in [1.54, 1.807) is 24.3 Å². The molecule has 0 spiro atoms. The average Bonchev–Trinajstić information content (AvgIpc) is 3.36. The van der Waals surface area contributed by atoms with Crippen molar-refractivity contribution < 1.29 is 27.2 Å². The van der Waals surface area contributed by atoms with Gasteiger partial charge in [-0.05, 0) is 31.2 Å². The number of sulfonamides is 1. The molecule has 2 heterocycles. The van der Waals surface area contributed by atoms with Crippen molar-refractivity contribution in [2.24, 2.45) is 0 Å². The molecule has 0 bridgehead atoms. The van der Waals surface area contributed by atoms with Gasteiger partial charge >= 0.3 is 11.8 Å². The highest BCUT2D eigenvalue weighted by atomic mass is 32.2. The fourth-order valence-corrected chi connectivity index (χ4v) is 4.22. The van der Waals surface area contributed by atoms with Crippen molar-refractivity contribution in [1.29, 1.82) is 0 Å². The third kappa shape index (κ3) is 4.58. The summed E-state index contributed by atoms with van der Waals surface area (Å²) >= 11 is 0. The summed E-state index contributed by atoms with van der Waals surface area (Å²) in [5.41, 5.74) is 0.945. The van der Waals surface area contributed by atoms with Crippen molar-refractivity contribution in [3.8, 4) is 0 Å². The van der Waals surface area contributed by atoms with Crippen molar-refractivity contribution in [3.05, 3.63) is 54.0 Å². The maximum Gasteiger partial charge on any atom is 0.309 e. The molecule has 9 nitrogen and oxygen atoms in total. The second-order valence-corrected chi connectivity index (χ2v) is 8.12. The zero-order valence-corrected chi connectivity index (χ0v) is 16.1. The molecule has 2 aromatic rings. The summed E-state index contributed by atoms with van der Waals surface area (Å²) in [7, 11) is -3.77. The lowest BCUT2D eigenvalue weighted by molar-refractivity contribution is -0.139. The third-order valence-electron chi connectivity index (χ3n) is 4.22. The lowest BCUT2D eigenvalue weighted by Crippen LogP contribution is -2.47. The summed E-state index contributed by atoms with van der Waals surface area (Å²) in [6.07, 6.45) is 0.579. The molecule has 10 heteroatoms. The van der Waals surface area contributed by atoms with E-state index in [1.807, 2.05) is 6.92 Å². The van der Waals surface area contributed by atoms with Crippen LogP contribution in [0.25, 0.3) is 0 Å². The van der Waals surface area contributed by atoms with Crippen molar-refractivity contribution in [1.82, 2.24) is 14.9 Å². The molecule has 3 rings (SSSR count). The first-order valence-electron chi connectivity index (χ1n) is 8.66. The standard InChI is InChI=1S/C18H21N3O6S/c1-13-4-6-15(7-5-13)28(24,25)21-8-10-27-16(21)12-20-18(23)17(22)19-11-14-3-2-9-26-14/h2-7,9,16H,8,10-12H2,1H3,(H,19,22)(H,20,23)/t16-/m0/s1. The SMILES string of the molecule is Cc1ccc(S(=O)(=O)N2CCO[C@H]2CNC(=O)C(=O)NCc2ccco2)cc1. The first-order valence-corrected chi connectivity index (χ1v) is 10.1. The van der Waals surface area contributed by atoms with Gasteiger partial charge in [-0.1, -0.05) is 17.7 Å². The Hall–Kier alpha value is -2.69. The maximum atomic E-state index is 12.8. The highest BCUT2D eigenvalue weighted by Crippen LogP contribution is 2.22. The molecule has 1 fully saturated rings. The minimum atomic E-state index is -3.77. The summed E-state index contributed by atoms with van der Waals surface area (Å²) in [5, 5.41) is 4.82. The Bertz CT molecular complexity index is 925. The van der Waals surface area contributed by atoms with E-state index >= 15 is 0 Å². The van der Waals surface area contributed by atoms with Gasteiger partial charge in [-0.3, -0.25) is 9.59 Å². The average molecular weight is 407 g/mol. The van der Waals surface area contributed by atoms with Gasteiger partial charge in [0.1, 0.15) is 12.0 Å². The summed E-state index contributed by atoms with van der Waals surface area (Å²) < 4.78 is 37.3. The van der Waals surface area contributed by atoms with Crippen molar-refractivity contribution in [2.75, 3.05) is 19.7 Å². The van der Waals surface area contributed by atoms with Crippen LogP contribution >= 0.6 is 0 Å². The Morgan fingerprint density at radius 2 is 1.86 bits per heavy atom. The molecular weight excluding hydrogens is 386 g/mol. The molecule has 1 aromatic carbocycles. The van der Waals surface area contributed by atoms with Crippen molar-refractivity contribution in [3.63, 3.8) is 0 Å². The Morgan fingerprint density at radius 3 is 2.54 bits per heavy atom. The van der Waals surface area contributed by atoms with E-state index in [0.717, 1.165) is 5.56 Å². The highest BCUT2D eigenvalue weighted by molar-refractivity contribution is 7.89. The normalized spacial score (nSPS) is 17.4.